The number of amides is 4. The standard InChI is InChI=1S/C22H38N4O9/c1-15(7-11-27)13-18(29)25(34)9-3-5-16-20(31)24-17(21(32)23-16)6-4-10-26(35)19(30)14-22(2,33)8-12-28/h13,16-17,27-28,33-35H,3-12,14H2,1-2H3,(H,23,32)(H,24,31)/b15-13+/t16-,17-,22+/m0/s1. The van der Waals surface area contributed by atoms with E-state index in [4.69, 9.17) is 10.2 Å². The number of carbonyl (C=O) groups excluding carboxylic acids is 4. The van der Waals surface area contributed by atoms with E-state index in [0.717, 1.165) is 0 Å². The van der Waals surface area contributed by atoms with Crippen molar-refractivity contribution in [2.24, 2.45) is 0 Å². The van der Waals surface area contributed by atoms with Gasteiger partial charge in [0.1, 0.15) is 12.1 Å². The number of aliphatic hydroxyl groups excluding tert-OH is 2. The first-order chi connectivity index (χ1) is 16.4. The molecule has 0 radical (unpaired) electrons. The van der Waals surface area contributed by atoms with Crippen LogP contribution in [0, 0.1) is 0 Å². The van der Waals surface area contributed by atoms with Crippen LogP contribution in [0.25, 0.3) is 0 Å². The lowest BCUT2D eigenvalue weighted by atomic mass is 9.98. The van der Waals surface area contributed by atoms with Gasteiger partial charge in [0.15, 0.2) is 0 Å². The number of nitrogens with one attached hydrogen (secondary N) is 2. The fourth-order valence-electron chi connectivity index (χ4n) is 3.49. The number of piperazine rings is 1. The van der Waals surface area contributed by atoms with Crippen molar-refractivity contribution in [2.75, 3.05) is 26.3 Å². The van der Waals surface area contributed by atoms with E-state index in [0.29, 0.717) is 22.1 Å². The van der Waals surface area contributed by atoms with Crippen molar-refractivity contribution >= 4 is 23.6 Å². The maximum atomic E-state index is 12.3. The smallest absolute Gasteiger partial charge is 0.269 e. The van der Waals surface area contributed by atoms with E-state index in [1.807, 2.05) is 0 Å². The first-order valence-electron chi connectivity index (χ1n) is 11.6. The van der Waals surface area contributed by atoms with E-state index in [1.54, 1.807) is 6.92 Å². The Hall–Kier alpha value is -2.58. The second-order valence-electron chi connectivity index (χ2n) is 9.00. The highest BCUT2D eigenvalue weighted by atomic mass is 16.5. The topological polar surface area (TPSA) is 200 Å². The Bertz CT molecular complexity index is 772. The summed E-state index contributed by atoms with van der Waals surface area (Å²) in [7, 11) is 0. The van der Waals surface area contributed by atoms with Gasteiger partial charge in [0.25, 0.3) is 5.91 Å². The summed E-state index contributed by atoms with van der Waals surface area (Å²) in [5, 5.41) is 53.5. The molecule has 0 saturated carbocycles. The third-order valence-electron chi connectivity index (χ3n) is 5.59. The highest BCUT2D eigenvalue weighted by Crippen LogP contribution is 2.16. The van der Waals surface area contributed by atoms with Crippen LogP contribution in [0.5, 0.6) is 0 Å². The van der Waals surface area contributed by atoms with Crippen molar-refractivity contribution in [2.45, 2.75) is 76.5 Å². The number of aliphatic hydroxyl groups is 3. The summed E-state index contributed by atoms with van der Waals surface area (Å²) in [5.41, 5.74) is -0.835. The third-order valence-corrected chi connectivity index (χ3v) is 5.59. The van der Waals surface area contributed by atoms with Gasteiger partial charge >= 0.3 is 0 Å². The van der Waals surface area contributed by atoms with Crippen LogP contribution in [0.15, 0.2) is 11.6 Å². The average Bonchev–Trinajstić information content (AvgIpc) is 2.76. The molecule has 1 rings (SSSR count). The second kappa shape index (κ2) is 14.7. The molecule has 0 spiro atoms. The number of carbonyl (C=O) groups is 4. The van der Waals surface area contributed by atoms with Gasteiger partial charge < -0.3 is 26.0 Å². The van der Waals surface area contributed by atoms with E-state index >= 15 is 0 Å². The van der Waals surface area contributed by atoms with E-state index < -0.39 is 41.3 Å². The Kier molecular flexibility index (Phi) is 12.8. The molecule has 13 heteroatoms. The van der Waals surface area contributed by atoms with Gasteiger partial charge in [-0.25, -0.2) is 10.1 Å². The molecular weight excluding hydrogens is 464 g/mol. The van der Waals surface area contributed by atoms with Crippen LogP contribution in [-0.2, 0) is 19.2 Å². The molecule has 1 heterocycles. The van der Waals surface area contributed by atoms with Crippen molar-refractivity contribution in [1.82, 2.24) is 20.8 Å². The number of hydrogen-bond donors (Lipinski definition) is 7. The van der Waals surface area contributed by atoms with E-state index in [1.165, 1.54) is 13.0 Å². The highest BCUT2D eigenvalue weighted by Gasteiger charge is 2.33. The van der Waals surface area contributed by atoms with Gasteiger partial charge in [-0.15, -0.1) is 0 Å². The average molecular weight is 503 g/mol. The number of nitrogens with zero attached hydrogens (tertiary/aromatic N) is 2. The number of rotatable bonds is 15. The maximum Gasteiger partial charge on any atom is 0.269 e. The molecule has 4 amide bonds. The normalized spacial score (nSPS) is 20.0. The third kappa shape index (κ3) is 11.1. The Morgan fingerprint density at radius 2 is 1.49 bits per heavy atom. The van der Waals surface area contributed by atoms with Crippen molar-refractivity contribution in [3.8, 4) is 0 Å². The van der Waals surface area contributed by atoms with Crippen LogP contribution in [0.1, 0.15) is 58.8 Å². The Balaban J connectivity index is 2.39. The molecule has 0 unspecified atom stereocenters. The SMILES string of the molecule is C/C(=C\C(=O)N(O)CCC[C@@H]1NC(=O)[C@H](CCCN(O)C(=O)C[C@](C)(O)CCO)NC1=O)CCO. The fourth-order valence-corrected chi connectivity index (χ4v) is 3.49. The Morgan fingerprint density at radius 1 is 0.971 bits per heavy atom. The van der Waals surface area contributed by atoms with Gasteiger partial charge in [-0.2, -0.15) is 0 Å². The largest absolute Gasteiger partial charge is 0.396 e. The Labute approximate surface area is 204 Å². The highest BCUT2D eigenvalue weighted by molar-refractivity contribution is 5.96. The molecular formula is C22H38N4O9. The van der Waals surface area contributed by atoms with Crippen molar-refractivity contribution in [3.05, 3.63) is 11.6 Å². The summed E-state index contributed by atoms with van der Waals surface area (Å²) in [6, 6.07) is -1.66. The summed E-state index contributed by atoms with van der Waals surface area (Å²) in [6.45, 7) is 2.46. The van der Waals surface area contributed by atoms with Crippen molar-refractivity contribution in [1.29, 1.82) is 0 Å². The fraction of sp³-hybridized carbons (Fsp3) is 0.727. The van der Waals surface area contributed by atoms with Crippen LogP contribution < -0.4 is 10.6 Å². The van der Waals surface area contributed by atoms with Crippen LogP contribution in [0.3, 0.4) is 0 Å². The van der Waals surface area contributed by atoms with Gasteiger partial charge in [0.05, 0.1) is 12.0 Å². The van der Waals surface area contributed by atoms with Crippen LogP contribution in [0.4, 0.5) is 0 Å². The number of hydroxylamine groups is 4. The molecule has 1 aliphatic rings. The minimum atomic E-state index is -1.45. The summed E-state index contributed by atoms with van der Waals surface area (Å²) < 4.78 is 0. The lowest BCUT2D eigenvalue weighted by Gasteiger charge is -2.30. The summed E-state index contributed by atoms with van der Waals surface area (Å²) >= 11 is 0. The zero-order valence-corrected chi connectivity index (χ0v) is 20.3. The van der Waals surface area contributed by atoms with Gasteiger partial charge in [-0.3, -0.25) is 29.6 Å². The molecule has 35 heavy (non-hydrogen) atoms. The molecule has 13 nitrogen and oxygen atoms in total. The van der Waals surface area contributed by atoms with Gasteiger partial charge in [-0.1, -0.05) is 5.57 Å². The van der Waals surface area contributed by atoms with Crippen LogP contribution in [-0.4, -0.2) is 103 Å². The number of hydrogen-bond acceptors (Lipinski definition) is 9. The molecule has 1 aliphatic heterocycles. The van der Waals surface area contributed by atoms with Crippen molar-refractivity contribution < 1.29 is 44.9 Å². The van der Waals surface area contributed by atoms with E-state index in [9.17, 15) is 34.7 Å². The lowest BCUT2D eigenvalue weighted by molar-refractivity contribution is -0.170. The Morgan fingerprint density at radius 3 is 1.97 bits per heavy atom. The molecule has 0 aliphatic carbocycles. The zero-order valence-electron chi connectivity index (χ0n) is 20.3. The quantitative estimate of drug-likeness (QED) is 0.0817. The molecule has 1 fully saturated rings. The molecule has 0 aromatic heterocycles. The molecule has 0 aromatic carbocycles. The molecule has 7 N–H and O–H groups in total. The molecule has 3 atom stereocenters. The minimum Gasteiger partial charge on any atom is -0.396 e. The first-order valence-corrected chi connectivity index (χ1v) is 11.6. The predicted octanol–water partition coefficient (Wildman–Crippen LogP) is -1.18. The molecule has 0 aromatic rings. The summed E-state index contributed by atoms with van der Waals surface area (Å²) in [5.74, 6) is -2.20. The molecule has 200 valence electrons. The van der Waals surface area contributed by atoms with Crippen LogP contribution in [0.2, 0.25) is 0 Å². The lowest BCUT2D eigenvalue weighted by Crippen LogP contribution is -2.61. The minimum absolute atomic E-state index is 0.0178. The summed E-state index contributed by atoms with van der Waals surface area (Å²) in [6.07, 6.45) is 1.96. The predicted molar refractivity (Wildman–Crippen MR) is 122 cm³/mol. The molecule has 1 saturated heterocycles. The van der Waals surface area contributed by atoms with Crippen LogP contribution >= 0.6 is 0 Å². The monoisotopic (exact) mass is 502 g/mol. The van der Waals surface area contributed by atoms with Gasteiger partial charge in [0.2, 0.25) is 17.7 Å². The zero-order chi connectivity index (χ0) is 26.6. The van der Waals surface area contributed by atoms with Gasteiger partial charge in [0, 0.05) is 32.4 Å². The van der Waals surface area contributed by atoms with E-state index in [2.05, 4.69) is 10.6 Å². The second-order valence-corrected chi connectivity index (χ2v) is 9.00. The van der Waals surface area contributed by atoms with E-state index in [-0.39, 0.29) is 64.8 Å². The first kappa shape index (κ1) is 30.5. The maximum absolute atomic E-state index is 12.3. The summed E-state index contributed by atoms with van der Waals surface area (Å²) in [4.78, 5) is 48.5. The van der Waals surface area contributed by atoms with Crippen molar-refractivity contribution in [3.63, 3.8) is 0 Å². The van der Waals surface area contributed by atoms with Gasteiger partial charge in [-0.05, 0) is 52.4 Å². The molecule has 0 bridgehead atoms.